The molecule has 0 aliphatic carbocycles. The van der Waals surface area contributed by atoms with Crippen LogP contribution in [0.15, 0.2) is 76.5 Å². The number of carbonyl (C=O) groups is 1. The van der Waals surface area contributed by atoms with E-state index in [1.807, 2.05) is 52.0 Å². The Balaban J connectivity index is 3.30. The summed E-state index contributed by atoms with van der Waals surface area (Å²) in [6.45, 7) is 17.2. The Hall–Kier alpha value is -3.01. The van der Waals surface area contributed by atoms with Crippen molar-refractivity contribution in [3.05, 3.63) is 77.7 Å². The lowest BCUT2D eigenvalue weighted by molar-refractivity contribution is -0.113. The van der Waals surface area contributed by atoms with E-state index in [-0.39, 0.29) is 5.78 Å². The van der Waals surface area contributed by atoms with E-state index in [9.17, 15) is 4.79 Å². The first kappa shape index (κ1) is 22.0. The van der Waals surface area contributed by atoms with Gasteiger partial charge in [-0.2, -0.15) is 0 Å². The number of carbonyl (C=O) groups excluding carboxylic acids is 1. The molecule has 1 aromatic rings. The molecule has 0 spiro atoms. The topological polar surface area (TPSA) is 53.8 Å². The minimum Gasteiger partial charge on any atom is -0.355 e. The van der Waals surface area contributed by atoms with E-state index >= 15 is 0 Å². The molecule has 0 atom stereocenters. The van der Waals surface area contributed by atoms with Crippen molar-refractivity contribution in [2.24, 2.45) is 9.98 Å². The van der Waals surface area contributed by atoms with Crippen LogP contribution in [0.5, 0.6) is 0 Å². The number of aryl methyl sites for hydroxylation is 2. The summed E-state index contributed by atoms with van der Waals surface area (Å²) in [4.78, 5) is 21.0. The number of allylic oxidation sites excluding steroid dienone is 5. The molecule has 0 saturated heterocycles. The third-order valence-electron chi connectivity index (χ3n) is 3.79. The van der Waals surface area contributed by atoms with Crippen LogP contribution < -0.4 is 5.32 Å². The summed E-state index contributed by atoms with van der Waals surface area (Å²) in [6.07, 6.45) is 5.42. The van der Waals surface area contributed by atoms with Gasteiger partial charge in [-0.1, -0.05) is 36.9 Å². The Morgan fingerprint density at radius 2 is 1.81 bits per heavy atom. The molecule has 0 unspecified atom stereocenters. The lowest BCUT2D eigenvalue weighted by atomic mass is 10.0. The van der Waals surface area contributed by atoms with Gasteiger partial charge in [-0.15, -0.1) is 0 Å². The third kappa shape index (κ3) is 6.66. The number of nitrogens with zero attached hydrogens (tertiary/aromatic N) is 2. The van der Waals surface area contributed by atoms with Crippen LogP contribution in [0.1, 0.15) is 31.9 Å². The van der Waals surface area contributed by atoms with E-state index in [0.29, 0.717) is 28.4 Å². The highest BCUT2D eigenvalue weighted by atomic mass is 16.1. The van der Waals surface area contributed by atoms with Crippen molar-refractivity contribution >= 4 is 22.9 Å². The molecule has 0 fully saturated rings. The molecular weight excluding hydrogens is 334 g/mol. The summed E-state index contributed by atoms with van der Waals surface area (Å²) >= 11 is 0. The van der Waals surface area contributed by atoms with Crippen molar-refractivity contribution in [1.29, 1.82) is 0 Å². The molecule has 1 N–H and O–H groups in total. The van der Waals surface area contributed by atoms with Crippen LogP contribution in [0, 0.1) is 13.8 Å². The molecule has 0 bridgehead atoms. The Labute approximate surface area is 162 Å². The SMILES string of the molecule is C=C(C)N=C(/C=C\C)C(/C=C(/C(=C)Nc1ccc(C)cc1C)C(C)=O)=NC. The summed E-state index contributed by atoms with van der Waals surface area (Å²) < 4.78 is 0. The van der Waals surface area contributed by atoms with Gasteiger partial charge in [0, 0.05) is 29.7 Å². The van der Waals surface area contributed by atoms with Gasteiger partial charge in [0.25, 0.3) is 0 Å². The van der Waals surface area contributed by atoms with Crippen molar-refractivity contribution in [2.75, 3.05) is 12.4 Å². The standard InChI is InChI=1S/C23H29N3O/c1-9-10-22(25-15(2)3)23(24-8)14-20(19(7)27)18(6)26-21-12-11-16(4)13-17(21)5/h9-14,26H,2,6H2,1,3-5,7-8H3/b10-9-,20-14-,24-23?,25-22?. The van der Waals surface area contributed by atoms with E-state index in [1.54, 1.807) is 13.1 Å². The number of hydrogen-bond acceptors (Lipinski definition) is 4. The highest BCUT2D eigenvalue weighted by Gasteiger charge is 2.13. The van der Waals surface area contributed by atoms with Gasteiger partial charge in [0.05, 0.1) is 11.4 Å². The van der Waals surface area contributed by atoms with Gasteiger partial charge in [-0.25, -0.2) is 0 Å². The highest BCUT2D eigenvalue weighted by molar-refractivity contribution is 6.51. The molecule has 0 aromatic heterocycles. The minimum absolute atomic E-state index is 0.103. The molecule has 0 amide bonds. The Morgan fingerprint density at radius 3 is 2.30 bits per heavy atom. The molecular formula is C23H29N3O. The lowest BCUT2D eigenvalue weighted by Crippen LogP contribution is -2.15. The van der Waals surface area contributed by atoms with Crippen LogP contribution in [0.3, 0.4) is 0 Å². The van der Waals surface area contributed by atoms with Gasteiger partial charge in [0.1, 0.15) is 0 Å². The zero-order valence-electron chi connectivity index (χ0n) is 17.2. The Bertz CT molecular complexity index is 868. The number of nitrogens with one attached hydrogen (secondary N) is 1. The van der Waals surface area contributed by atoms with Gasteiger partial charge in [-0.05, 0) is 58.4 Å². The van der Waals surface area contributed by atoms with Gasteiger partial charge in [0.2, 0.25) is 0 Å². The lowest BCUT2D eigenvalue weighted by Gasteiger charge is -2.14. The Kier molecular flexibility index (Phi) is 8.34. The van der Waals surface area contributed by atoms with Gasteiger partial charge < -0.3 is 5.32 Å². The van der Waals surface area contributed by atoms with Crippen LogP contribution >= 0.6 is 0 Å². The number of ketones is 1. The first-order valence-corrected chi connectivity index (χ1v) is 8.79. The van der Waals surface area contributed by atoms with Gasteiger partial charge in [0.15, 0.2) is 5.78 Å². The predicted octanol–water partition coefficient (Wildman–Crippen LogP) is 5.37. The first-order chi connectivity index (χ1) is 12.7. The molecule has 0 aliphatic rings. The normalized spacial score (nSPS) is 13.0. The molecule has 0 radical (unpaired) electrons. The highest BCUT2D eigenvalue weighted by Crippen LogP contribution is 2.21. The summed E-state index contributed by atoms with van der Waals surface area (Å²) in [5.74, 6) is -0.103. The van der Waals surface area contributed by atoms with E-state index in [4.69, 9.17) is 0 Å². The number of aliphatic imine (C=N–C) groups is 2. The van der Waals surface area contributed by atoms with E-state index < -0.39 is 0 Å². The monoisotopic (exact) mass is 363 g/mol. The number of rotatable bonds is 8. The minimum atomic E-state index is -0.103. The number of hydrogen-bond donors (Lipinski definition) is 1. The number of benzene rings is 1. The quantitative estimate of drug-likeness (QED) is 0.384. The molecule has 0 heterocycles. The first-order valence-electron chi connectivity index (χ1n) is 8.79. The van der Waals surface area contributed by atoms with Crippen LogP contribution in [0.25, 0.3) is 0 Å². The average Bonchev–Trinajstić information content (AvgIpc) is 2.57. The van der Waals surface area contributed by atoms with Crippen molar-refractivity contribution in [3.8, 4) is 0 Å². The fraction of sp³-hybridized carbons (Fsp3) is 0.261. The molecule has 27 heavy (non-hydrogen) atoms. The fourth-order valence-corrected chi connectivity index (χ4v) is 2.52. The van der Waals surface area contributed by atoms with Gasteiger partial charge in [-0.3, -0.25) is 14.8 Å². The van der Waals surface area contributed by atoms with Crippen molar-refractivity contribution in [3.63, 3.8) is 0 Å². The second-order valence-corrected chi connectivity index (χ2v) is 6.38. The maximum absolute atomic E-state index is 12.3. The van der Waals surface area contributed by atoms with Crippen molar-refractivity contribution in [2.45, 2.75) is 34.6 Å². The number of anilines is 1. The summed E-state index contributed by atoms with van der Waals surface area (Å²) in [5, 5.41) is 3.25. The molecule has 0 aliphatic heterocycles. The van der Waals surface area contributed by atoms with Crippen LogP contribution in [-0.4, -0.2) is 24.3 Å². The molecule has 1 aromatic carbocycles. The van der Waals surface area contributed by atoms with Crippen molar-refractivity contribution < 1.29 is 4.79 Å². The zero-order chi connectivity index (χ0) is 20.6. The molecule has 4 nitrogen and oxygen atoms in total. The number of Topliss-reactive ketones (excluding diaryl/α,β-unsaturated/α-hetero) is 1. The molecule has 142 valence electrons. The zero-order valence-corrected chi connectivity index (χ0v) is 17.2. The predicted molar refractivity (Wildman–Crippen MR) is 118 cm³/mol. The molecule has 0 saturated carbocycles. The van der Waals surface area contributed by atoms with E-state index in [2.05, 4.69) is 34.5 Å². The second-order valence-electron chi connectivity index (χ2n) is 6.38. The summed E-state index contributed by atoms with van der Waals surface area (Å²) in [7, 11) is 1.67. The maximum Gasteiger partial charge on any atom is 0.161 e. The molecule has 1 rings (SSSR count). The third-order valence-corrected chi connectivity index (χ3v) is 3.79. The second kappa shape index (κ2) is 10.2. The average molecular weight is 364 g/mol. The van der Waals surface area contributed by atoms with E-state index in [1.165, 1.54) is 12.5 Å². The van der Waals surface area contributed by atoms with E-state index in [0.717, 1.165) is 11.3 Å². The van der Waals surface area contributed by atoms with Gasteiger partial charge >= 0.3 is 0 Å². The largest absolute Gasteiger partial charge is 0.355 e. The van der Waals surface area contributed by atoms with Crippen LogP contribution in [0.2, 0.25) is 0 Å². The fourth-order valence-electron chi connectivity index (χ4n) is 2.52. The van der Waals surface area contributed by atoms with Crippen LogP contribution in [0.4, 0.5) is 5.69 Å². The maximum atomic E-state index is 12.3. The Morgan fingerprint density at radius 1 is 1.15 bits per heavy atom. The van der Waals surface area contributed by atoms with Crippen molar-refractivity contribution in [1.82, 2.24) is 0 Å². The van der Waals surface area contributed by atoms with Crippen LogP contribution in [-0.2, 0) is 4.79 Å². The molecule has 4 heteroatoms. The summed E-state index contributed by atoms with van der Waals surface area (Å²) in [6, 6.07) is 6.08. The smallest absolute Gasteiger partial charge is 0.161 e. The summed E-state index contributed by atoms with van der Waals surface area (Å²) in [5.41, 5.74) is 6.04.